The predicted molar refractivity (Wildman–Crippen MR) is 132 cm³/mol. The molecule has 31 heavy (non-hydrogen) atoms. The molecule has 158 valence electrons. The average Bonchev–Trinajstić information content (AvgIpc) is 2.98. The third kappa shape index (κ3) is 3.76. The molecule has 0 N–H and O–H groups in total. The van der Waals surface area contributed by atoms with Crippen molar-refractivity contribution in [1.29, 1.82) is 0 Å². The quantitative estimate of drug-likeness (QED) is 0.276. The number of aromatic nitrogens is 3. The molecule has 0 aliphatic carbocycles. The van der Waals surface area contributed by atoms with Crippen molar-refractivity contribution in [3.63, 3.8) is 0 Å². The van der Waals surface area contributed by atoms with Gasteiger partial charge in [0.15, 0.2) is 0 Å². The first kappa shape index (κ1) is 21.2. The fourth-order valence-corrected chi connectivity index (χ4v) is 4.20. The molecule has 5 nitrogen and oxygen atoms in total. The number of fused-ring (bicyclic) bond motifs is 2. The highest BCUT2D eigenvalue weighted by Crippen LogP contribution is 2.26. The molecule has 0 bridgehead atoms. The Labute approximate surface area is 189 Å². The number of benzene rings is 2. The van der Waals surface area contributed by atoms with Crippen molar-refractivity contribution in [2.24, 2.45) is 5.10 Å². The van der Waals surface area contributed by atoms with Gasteiger partial charge in [-0.2, -0.15) is 9.78 Å². The first-order chi connectivity index (χ1) is 14.7. The first-order valence-electron chi connectivity index (χ1n) is 10.2. The van der Waals surface area contributed by atoms with E-state index in [-0.39, 0.29) is 11.0 Å². The van der Waals surface area contributed by atoms with Gasteiger partial charge in [-0.1, -0.05) is 61.0 Å². The summed E-state index contributed by atoms with van der Waals surface area (Å²) in [6.45, 7) is 12.8. The Morgan fingerprint density at radius 1 is 1.16 bits per heavy atom. The van der Waals surface area contributed by atoms with Crippen LogP contribution < -0.4 is 5.56 Å². The van der Waals surface area contributed by atoms with Gasteiger partial charge in [0, 0.05) is 38.6 Å². The molecular formula is C25H25BrN4O. The lowest BCUT2D eigenvalue weighted by Gasteiger charge is -2.20. The van der Waals surface area contributed by atoms with Gasteiger partial charge >= 0.3 is 0 Å². The van der Waals surface area contributed by atoms with Crippen LogP contribution in [0.15, 0.2) is 69.5 Å². The Morgan fingerprint density at radius 2 is 1.90 bits per heavy atom. The van der Waals surface area contributed by atoms with Crippen LogP contribution >= 0.6 is 15.9 Å². The molecule has 2 heterocycles. The molecule has 0 aliphatic rings. The van der Waals surface area contributed by atoms with Gasteiger partial charge < -0.3 is 4.57 Å². The van der Waals surface area contributed by atoms with Crippen LogP contribution in [0.2, 0.25) is 0 Å². The Kier molecular flexibility index (Phi) is 5.43. The molecule has 0 fully saturated rings. The van der Waals surface area contributed by atoms with E-state index in [1.807, 2.05) is 51.1 Å². The molecule has 0 saturated heterocycles. The van der Waals surface area contributed by atoms with E-state index in [2.05, 4.69) is 51.2 Å². The summed E-state index contributed by atoms with van der Waals surface area (Å²) in [7, 11) is 0. The van der Waals surface area contributed by atoms with Crippen LogP contribution in [0.3, 0.4) is 0 Å². The van der Waals surface area contributed by atoms with Gasteiger partial charge in [0.1, 0.15) is 5.82 Å². The van der Waals surface area contributed by atoms with E-state index in [0.717, 1.165) is 26.6 Å². The number of nitrogens with zero attached hydrogens (tertiary/aromatic N) is 4. The highest BCUT2D eigenvalue weighted by molar-refractivity contribution is 9.10. The van der Waals surface area contributed by atoms with E-state index in [0.29, 0.717) is 23.3 Å². The second-order valence-electron chi connectivity index (χ2n) is 8.62. The Bertz CT molecular complexity index is 1400. The van der Waals surface area contributed by atoms with E-state index < -0.39 is 0 Å². The molecule has 4 aromatic rings. The normalized spacial score (nSPS) is 12.3. The maximum Gasteiger partial charge on any atom is 0.282 e. The molecule has 4 rings (SSSR count). The van der Waals surface area contributed by atoms with E-state index in [1.165, 1.54) is 4.68 Å². The summed E-state index contributed by atoms with van der Waals surface area (Å²) < 4.78 is 4.47. The summed E-state index contributed by atoms with van der Waals surface area (Å²) in [5, 5.41) is 6.29. The van der Waals surface area contributed by atoms with Crippen molar-refractivity contribution in [1.82, 2.24) is 14.2 Å². The second kappa shape index (κ2) is 7.93. The average molecular weight is 477 g/mol. The molecule has 0 saturated carbocycles. The monoisotopic (exact) mass is 476 g/mol. The summed E-state index contributed by atoms with van der Waals surface area (Å²) >= 11 is 3.45. The Balaban J connectivity index is 1.97. The lowest BCUT2D eigenvalue weighted by molar-refractivity contribution is 0.506. The van der Waals surface area contributed by atoms with Crippen LogP contribution in [0.1, 0.15) is 37.9 Å². The smallest absolute Gasteiger partial charge is 0.282 e. The summed E-state index contributed by atoms with van der Waals surface area (Å²) in [6.07, 6.45) is 3.66. The van der Waals surface area contributed by atoms with E-state index in [9.17, 15) is 4.79 Å². The summed E-state index contributed by atoms with van der Waals surface area (Å²) in [6, 6.07) is 13.8. The fraction of sp³-hybridized carbons (Fsp3) is 0.240. The molecule has 6 heteroatoms. The van der Waals surface area contributed by atoms with Crippen molar-refractivity contribution in [2.45, 2.75) is 39.7 Å². The third-order valence-electron chi connectivity index (χ3n) is 5.37. The number of hydrogen-bond acceptors (Lipinski definition) is 3. The summed E-state index contributed by atoms with van der Waals surface area (Å²) in [5.41, 5.74) is 3.31. The zero-order valence-corrected chi connectivity index (χ0v) is 19.8. The van der Waals surface area contributed by atoms with Crippen molar-refractivity contribution in [2.75, 3.05) is 0 Å². The van der Waals surface area contributed by atoms with E-state index >= 15 is 0 Å². The van der Waals surface area contributed by atoms with Gasteiger partial charge in [0.2, 0.25) is 0 Å². The number of hydrogen-bond donors (Lipinski definition) is 0. The lowest BCUT2D eigenvalue weighted by atomic mass is 9.95. The molecule has 0 atom stereocenters. The molecule has 0 unspecified atom stereocenters. The predicted octanol–water partition coefficient (Wildman–Crippen LogP) is 5.79. The van der Waals surface area contributed by atoms with Crippen LogP contribution in [0.4, 0.5) is 0 Å². The van der Waals surface area contributed by atoms with Gasteiger partial charge in [0.05, 0.1) is 17.1 Å². The molecular weight excluding hydrogens is 452 g/mol. The summed E-state index contributed by atoms with van der Waals surface area (Å²) in [4.78, 5) is 18.2. The van der Waals surface area contributed by atoms with Crippen molar-refractivity contribution in [3.8, 4) is 0 Å². The summed E-state index contributed by atoms with van der Waals surface area (Å²) in [5.74, 6) is 0.621. The maximum absolute atomic E-state index is 13.4. The number of para-hydroxylation sites is 1. The van der Waals surface area contributed by atoms with Gasteiger partial charge in [-0.05, 0) is 31.2 Å². The largest absolute Gasteiger partial charge is 0.340 e. The van der Waals surface area contributed by atoms with Crippen LogP contribution in [0.5, 0.6) is 0 Å². The molecule has 0 spiro atoms. The number of allylic oxidation sites excluding steroid dienone is 1. The maximum atomic E-state index is 13.4. The number of halogens is 1. The third-order valence-corrected chi connectivity index (χ3v) is 5.87. The SMILES string of the molecule is C=CCn1c(C)c(C=Nn2c(C(C)(C)C)nc3ccc(Br)cc3c2=O)c2ccccc21. The minimum atomic E-state index is -0.357. The Hall–Kier alpha value is -2.99. The van der Waals surface area contributed by atoms with Crippen LogP contribution in [0, 0.1) is 6.92 Å². The van der Waals surface area contributed by atoms with E-state index in [1.54, 1.807) is 12.3 Å². The van der Waals surface area contributed by atoms with Crippen LogP contribution in [-0.2, 0) is 12.0 Å². The molecule has 0 amide bonds. The van der Waals surface area contributed by atoms with Crippen molar-refractivity contribution >= 4 is 44.0 Å². The highest BCUT2D eigenvalue weighted by atomic mass is 79.9. The van der Waals surface area contributed by atoms with Gasteiger partial charge in [-0.25, -0.2) is 4.98 Å². The second-order valence-corrected chi connectivity index (χ2v) is 9.54. The van der Waals surface area contributed by atoms with Gasteiger partial charge in [0.25, 0.3) is 5.56 Å². The van der Waals surface area contributed by atoms with Crippen LogP contribution in [0.25, 0.3) is 21.8 Å². The topological polar surface area (TPSA) is 52.2 Å². The molecule has 0 aliphatic heterocycles. The zero-order valence-electron chi connectivity index (χ0n) is 18.2. The molecule has 0 radical (unpaired) electrons. The minimum absolute atomic E-state index is 0.181. The fourth-order valence-electron chi connectivity index (χ4n) is 3.84. The lowest BCUT2D eigenvalue weighted by Crippen LogP contribution is -2.29. The first-order valence-corrected chi connectivity index (χ1v) is 11.0. The Morgan fingerprint density at radius 3 is 2.61 bits per heavy atom. The van der Waals surface area contributed by atoms with Crippen molar-refractivity contribution < 1.29 is 0 Å². The molecule has 2 aromatic heterocycles. The zero-order chi connectivity index (χ0) is 22.3. The standard InChI is InChI=1S/C25H25BrN4O/c1-6-13-29-16(2)20(18-9-7-8-10-22(18)29)15-27-30-23(31)19-14-17(26)11-12-21(19)28-24(30)25(3,4)5/h6-12,14-15H,1,13H2,2-5H3. The van der Waals surface area contributed by atoms with Crippen molar-refractivity contribution in [3.05, 3.63) is 87.0 Å². The van der Waals surface area contributed by atoms with E-state index in [4.69, 9.17) is 4.98 Å². The highest BCUT2D eigenvalue weighted by Gasteiger charge is 2.23. The van der Waals surface area contributed by atoms with Gasteiger partial charge in [-0.3, -0.25) is 4.79 Å². The number of rotatable bonds is 4. The van der Waals surface area contributed by atoms with Gasteiger partial charge in [-0.15, -0.1) is 6.58 Å². The minimum Gasteiger partial charge on any atom is -0.340 e. The molecule has 2 aromatic carbocycles. The van der Waals surface area contributed by atoms with Crippen LogP contribution in [-0.4, -0.2) is 20.4 Å².